The zero-order chi connectivity index (χ0) is 31.3. The van der Waals surface area contributed by atoms with Gasteiger partial charge in [0.2, 0.25) is 12.0 Å². The van der Waals surface area contributed by atoms with Crippen molar-refractivity contribution in [1.29, 1.82) is 0 Å². The molecule has 234 valence electrons. The minimum Gasteiger partial charge on any atom is -0.504 e. The predicted molar refractivity (Wildman–Crippen MR) is 140 cm³/mol. The lowest BCUT2D eigenvalue weighted by Gasteiger charge is -2.45. The summed E-state index contributed by atoms with van der Waals surface area (Å²) in [6, 6.07) is 5.54. The van der Waals surface area contributed by atoms with E-state index >= 15 is 0 Å². The molecular weight excluding hydrogens is 580 g/mol. The third kappa shape index (κ3) is 5.55. The number of ether oxygens (including phenoxy) is 4. The average molecular weight is 611 g/mol. The van der Waals surface area contributed by atoms with Crippen molar-refractivity contribution in [3.05, 3.63) is 40.6 Å². The summed E-state index contributed by atoms with van der Waals surface area (Å²) in [6.07, 6.45) is -16.4. The lowest BCUT2D eigenvalue weighted by atomic mass is 9.97. The molecule has 0 spiro atoms. The molecule has 0 bridgehead atoms. The lowest BCUT2D eigenvalue weighted by molar-refractivity contribution is -0.354. The highest BCUT2D eigenvalue weighted by atomic mass is 16.8. The first kappa shape index (κ1) is 30.7. The standard InChI is InChI=1S/C27H30O16/c1-8-18(33)21(36)23(38)26(39-8)43-25-22(37)19(34)16(7-28)41-27(25)42-24-13(32)6-15-17(20(24)35)12(31)5-14(40-15)9-2-3-10(29)11(30)4-9/h2-6,8,16,18-19,21-23,25-30,32-38H,7H2,1H3. The van der Waals surface area contributed by atoms with Gasteiger partial charge >= 0.3 is 0 Å². The normalized spacial score (nSPS) is 33.0. The lowest BCUT2D eigenvalue weighted by Crippen LogP contribution is -2.64. The molecule has 2 saturated heterocycles. The largest absolute Gasteiger partial charge is 0.504 e. The van der Waals surface area contributed by atoms with Crippen LogP contribution in [0.5, 0.6) is 28.7 Å². The molecule has 43 heavy (non-hydrogen) atoms. The zero-order valence-electron chi connectivity index (χ0n) is 22.3. The van der Waals surface area contributed by atoms with Crippen LogP contribution < -0.4 is 10.2 Å². The van der Waals surface area contributed by atoms with Crippen molar-refractivity contribution >= 4 is 11.0 Å². The van der Waals surface area contributed by atoms with Crippen LogP contribution in [-0.4, -0.2) is 119 Å². The molecule has 2 fully saturated rings. The van der Waals surface area contributed by atoms with Gasteiger partial charge in [0.1, 0.15) is 53.4 Å². The number of aliphatic hydroxyl groups is 6. The van der Waals surface area contributed by atoms with E-state index in [9.17, 15) is 55.9 Å². The molecule has 2 aliphatic heterocycles. The summed E-state index contributed by atoms with van der Waals surface area (Å²) in [5, 5.41) is 102. The number of rotatable bonds is 6. The van der Waals surface area contributed by atoms with Gasteiger partial charge in [-0.25, -0.2) is 0 Å². The van der Waals surface area contributed by atoms with Crippen molar-refractivity contribution in [2.45, 2.75) is 68.3 Å². The smallest absolute Gasteiger partial charge is 0.230 e. The molecule has 3 aromatic rings. The van der Waals surface area contributed by atoms with Gasteiger partial charge in [-0.3, -0.25) is 4.79 Å². The van der Waals surface area contributed by atoms with Gasteiger partial charge in [0, 0.05) is 17.7 Å². The Morgan fingerprint density at radius 2 is 1.51 bits per heavy atom. The van der Waals surface area contributed by atoms with E-state index < -0.39 is 108 Å². The second kappa shape index (κ2) is 11.8. The minimum atomic E-state index is -1.88. The van der Waals surface area contributed by atoms with Gasteiger partial charge in [0.25, 0.3) is 0 Å². The van der Waals surface area contributed by atoms with E-state index in [0.717, 1.165) is 24.3 Å². The Bertz CT molecular complexity index is 1540. The van der Waals surface area contributed by atoms with Crippen molar-refractivity contribution in [2.24, 2.45) is 0 Å². The van der Waals surface area contributed by atoms with Gasteiger partial charge in [-0.05, 0) is 25.1 Å². The minimum absolute atomic E-state index is 0.0835. The molecule has 10 atom stereocenters. The fourth-order valence-electron chi connectivity index (χ4n) is 4.90. The summed E-state index contributed by atoms with van der Waals surface area (Å²) in [5.41, 5.74) is -0.933. The van der Waals surface area contributed by atoms with Crippen LogP contribution in [0.3, 0.4) is 0 Å². The number of phenolic OH excluding ortho intramolecular Hbond substituents is 4. The summed E-state index contributed by atoms with van der Waals surface area (Å²) in [6.45, 7) is 0.561. The van der Waals surface area contributed by atoms with Gasteiger partial charge in [0.15, 0.2) is 40.8 Å². The molecule has 2 aromatic carbocycles. The van der Waals surface area contributed by atoms with Gasteiger partial charge < -0.3 is 74.4 Å². The summed E-state index contributed by atoms with van der Waals surface area (Å²) in [4.78, 5) is 13.0. The van der Waals surface area contributed by atoms with Gasteiger partial charge in [-0.1, -0.05) is 0 Å². The topological polar surface area (TPSA) is 269 Å². The Hall–Kier alpha value is -3.71. The highest BCUT2D eigenvalue weighted by Gasteiger charge is 2.51. The molecule has 16 heteroatoms. The second-order valence-electron chi connectivity index (χ2n) is 10.2. The monoisotopic (exact) mass is 610 g/mol. The van der Waals surface area contributed by atoms with Crippen LogP contribution in [0.15, 0.2) is 39.5 Å². The summed E-state index contributed by atoms with van der Waals surface area (Å²) in [5.74, 6) is -3.44. The number of aromatic hydroxyl groups is 4. The van der Waals surface area contributed by atoms with E-state index in [1.54, 1.807) is 0 Å². The molecule has 0 aliphatic carbocycles. The van der Waals surface area contributed by atoms with Crippen LogP contribution in [-0.2, 0) is 14.2 Å². The van der Waals surface area contributed by atoms with E-state index in [2.05, 4.69) is 0 Å². The third-order valence-electron chi connectivity index (χ3n) is 7.35. The van der Waals surface area contributed by atoms with Crippen LogP contribution in [0.4, 0.5) is 0 Å². The quantitative estimate of drug-likeness (QED) is 0.140. The molecule has 0 saturated carbocycles. The van der Waals surface area contributed by atoms with Crippen LogP contribution in [0, 0.1) is 0 Å². The van der Waals surface area contributed by atoms with Crippen molar-refractivity contribution in [1.82, 2.24) is 0 Å². The molecule has 10 N–H and O–H groups in total. The maximum atomic E-state index is 13.0. The Morgan fingerprint density at radius 1 is 0.791 bits per heavy atom. The van der Waals surface area contributed by atoms with Crippen LogP contribution >= 0.6 is 0 Å². The number of phenols is 4. The maximum absolute atomic E-state index is 13.0. The summed E-state index contributed by atoms with van der Waals surface area (Å²) < 4.78 is 27.8. The first-order valence-electron chi connectivity index (χ1n) is 13.0. The molecule has 0 radical (unpaired) electrons. The third-order valence-corrected chi connectivity index (χ3v) is 7.35. The van der Waals surface area contributed by atoms with E-state index in [4.69, 9.17) is 23.4 Å². The fraction of sp³-hybridized carbons (Fsp3) is 0.444. The molecular formula is C27H30O16. The van der Waals surface area contributed by atoms with E-state index in [1.165, 1.54) is 13.0 Å². The Balaban J connectivity index is 1.50. The summed E-state index contributed by atoms with van der Waals surface area (Å²) >= 11 is 0. The highest BCUT2D eigenvalue weighted by molar-refractivity contribution is 5.89. The molecule has 10 unspecified atom stereocenters. The Kier molecular flexibility index (Phi) is 8.41. The number of hydrogen-bond donors (Lipinski definition) is 10. The highest BCUT2D eigenvalue weighted by Crippen LogP contribution is 2.44. The Morgan fingerprint density at radius 3 is 2.19 bits per heavy atom. The molecule has 3 heterocycles. The van der Waals surface area contributed by atoms with Gasteiger partial charge in [-0.2, -0.15) is 0 Å². The Labute approximate surface area is 241 Å². The SMILES string of the molecule is CC1OC(OC2C(Oc3c(O)cc4oc(-c5ccc(O)c(O)c5)cc(=O)c4c3O)OC(CO)C(O)C2O)C(O)C(O)C1O. The van der Waals surface area contributed by atoms with Crippen LogP contribution in [0.2, 0.25) is 0 Å². The average Bonchev–Trinajstić information content (AvgIpc) is 2.96. The van der Waals surface area contributed by atoms with Gasteiger partial charge in [-0.15, -0.1) is 0 Å². The van der Waals surface area contributed by atoms with E-state index in [1.807, 2.05) is 0 Å². The molecule has 0 amide bonds. The molecule has 2 aliphatic rings. The number of hydrogen-bond acceptors (Lipinski definition) is 16. The fourth-order valence-corrected chi connectivity index (χ4v) is 4.90. The van der Waals surface area contributed by atoms with Crippen molar-refractivity contribution in [3.8, 4) is 40.1 Å². The second-order valence-corrected chi connectivity index (χ2v) is 10.2. The van der Waals surface area contributed by atoms with Crippen molar-refractivity contribution in [3.63, 3.8) is 0 Å². The molecule has 5 rings (SSSR count). The van der Waals surface area contributed by atoms with Crippen molar-refractivity contribution < 1.29 is 74.4 Å². The first-order chi connectivity index (χ1) is 20.3. The van der Waals surface area contributed by atoms with Crippen molar-refractivity contribution in [2.75, 3.05) is 6.61 Å². The van der Waals surface area contributed by atoms with E-state index in [-0.39, 0.29) is 16.9 Å². The number of fused-ring (bicyclic) bond motifs is 1. The van der Waals surface area contributed by atoms with E-state index in [0.29, 0.717) is 0 Å². The number of aliphatic hydroxyl groups excluding tert-OH is 6. The zero-order valence-corrected chi connectivity index (χ0v) is 22.3. The van der Waals surface area contributed by atoms with Crippen LogP contribution in [0.25, 0.3) is 22.3 Å². The molecule has 16 nitrogen and oxygen atoms in total. The molecule has 1 aromatic heterocycles. The van der Waals surface area contributed by atoms with Crippen LogP contribution in [0.1, 0.15) is 6.92 Å². The summed E-state index contributed by atoms with van der Waals surface area (Å²) in [7, 11) is 0. The number of benzene rings is 2. The first-order valence-corrected chi connectivity index (χ1v) is 13.0. The maximum Gasteiger partial charge on any atom is 0.230 e. The van der Waals surface area contributed by atoms with Gasteiger partial charge in [0.05, 0.1) is 12.7 Å². The predicted octanol–water partition coefficient (Wildman–Crippen LogP) is -1.69.